The van der Waals surface area contributed by atoms with Gasteiger partial charge in [0, 0.05) is 23.7 Å². The molecule has 1 saturated heterocycles. The van der Waals surface area contributed by atoms with Crippen LogP contribution in [0.15, 0.2) is 22.7 Å². The van der Waals surface area contributed by atoms with Crippen LogP contribution in [0.2, 0.25) is 0 Å². The molecule has 0 aliphatic carbocycles. The van der Waals surface area contributed by atoms with Crippen molar-refractivity contribution in [1.82, 2.24) is 5.32 Å². The Bertz CT molecular complexity index is 472. The van der Waals surface area contributed by atoms with Gasteiger partial charge in [0.2, 0.25) is 0 Å². The summed E-state index contributed by atoms with van der Waals surface area (Å²) in [5.74, 6) is 1.09. The summed E-state index contributed by atoms with van der Waals surface area (Å²) in [6.07, 6.45) is 2.00. The quantitative estimate of drug-likeness (QED) is 0.915. The number of carbonyl (C=O) groups is 1. The summed E-state index contributed by atoms with van der Waals surface area (Å²) in [6.45, 7) is 3.63. The Morgan fingerprint density at radius 3 is 2.80 bits per heavy atom. The highest BCUT2D eigenvalue weighted by atomic mass is 79.9. The van der Waals surface area contributed by atoms with Crippen molar-refractivity contribution in [2.24, 2.45) is 5.92 Å². The average Bonchev–Trinajstić information content (AvgIpc) is 2.48. The van der Waals surface area contributed by atoms with E-state index in [4.69, 9.17) is 9.47 Å². The smallest absolute Gasteiger partial charge is 0.252 e. The molecule has 1 amide bonds. The van der Waals surface area contributed by atoms with Gasteiger partial charge in [0.25, 0.3) is 5.91 Å². The van der Waals surface area contributed by atoms with E-state index in [0.29, 0.717) is 17.2 Å². The number of hydrogen-bond donors (Lipinski definition) is 1. The van der Waals surface area contributed by atoms with Crippen molar-refractivity contribution in [2.75, 3.05) is 20.3 Å². The van der Waals surface area contributed by atoms with E-state index in [9.17, 15) is 4.79 Å². The van der Waals surface area contributed by atoms with E-state index < -0.39 is 0 Å². The Balaban J connectivity index is 2.03. The molecule has 1 fully saturated rings. The third kappa shape index (κ3) is 3.73. The lowest BCUT2D eigenvalue weighted by Gasteiger charge is -2.28. The van der Waals surface area contributed by atoms with Gasteiger partial charge in [0.1, 0.15) is 5.75 Å². The van der Waals surface area contributed by atoms with Gasteiger partial charge in [-0.05, 0) is 59.8 Å². The van der Waals surface area contributed by atoms with Crippen molar-refractivity contribution < 1.29 is 14.3 Å². The molecule has 2 rings (SSSR count). The predicted octanol–water partition coefficient (Wildman–Crippen LogP) is 3.00. The molecule has 0 radical (unpaired) electrons. The fraction of sp³-hybridized carbons (Fsp3) is 0.533. The van der Waals surface area contributed by atoms with Gasteiger partial charge in [-0.1, -0.05) is 0 Å². The minimum absolute atomic E-state index is 0.0743. The normalized spacial score (nSPS) is 17.6. The van der Waals surface area contributed by atoms with E-state index >= 15 is 0 Å². The zero-order valence-electron chi connectivity index (χ0n) is 11.8. The predicted molar refractivity (Wildman–Crippen MR) is 81.2 cm³/mol. The molecular weight excluding hydrogens is 322 g/mol. The maximum absolute atomic E-state index is 12.4. The van der Waals surface area contributed by atoms with Gasteiger partial charge < -0.3 is 14.8 Å². The Morgan fingerprint density at radius 2 is 2.15 bits per heavy atom. The fourth-order valence-electron chi connectivity index (χ4n) is 2.42. The monoisotopic (exact) mass is 341 g/mol. The second kappa shape index (κ2) is 7.09. The highest BCUT2D eigenvalue weighted by molar-refractivity contribution is 9.10. The molecule has 1 heterocycles. The largest absolute Gasteiger partial charge is 0.497 e. The second-order valence-electron chi connectivity index (χ2n) is 5.06. The molecule has 4 nitrogen and oxygen atoms in total. The number of halogens is 1. The van der Waals surface area contributed by atoms with Crippen LogP contribution in [0.3, 0.4) is 0 Å². The van der Waals surface area contributed by atoms with E-state index in [-0.39, 0.29) is 11.9 Å². The number of ether oxygens (including phenoxy) is 2. The van der Waals surface area contributed by atoms with Crippen LogP contribution in [0.5, 0.6) is 5.75 Å². The van der Waals surface area contributed by atoms with Crippen LogP contribution < -0.4 is 10.1 Å². The topological polar surface area (TPSA) is 47.6 Å². The van der Waals surface area contributed by atoms with E-state index in [1.54, 1.807) is 13.2 Å². The van der Waals surface area contributed by atoms with E-state index in [1.165, 1.54) is 0 Å². The molecule has 1 aliphatic rings. The molecule has 0 bridgehead atoms. The van der Waals surface area contributed by atoms with Crippen molar-refractivity contribution in [1.29, 1.82) is 0 Å². The van der Waals surface area contributed by atoms with Crippen molar-refractivity contribution >= 4 is 21.8 Å². The maximum atomic E-state index is 12.4. The number of amides is 1. The van der Waals surface area contributed by atoms with E-state index in [0.717, 1.165) is 30.5 Å². The lowest BCUT2D eigenvalue weighted by Crippen LogP contribution is -2.40. The highest BCUT2D eigenvalue weighted by Gasteiger charge is 2.23. The molecule has 0 saturated carbocycles. The van der Waals surface area contributed by atoms with Crippen molar-refractivity contribution in [3.63, 3.8) is 0 Å². The van der Waals surface area contributed by atoms with E-state index in [1.807, 2.05) is 12.1 Å². The lowest BCUT2D eigenvalue weighted by atomic mass is 9.93. The Kier molecular flexibility index (Phi) is 5.43. The van der Waals surface area contributed by atoms with E-state index in [2.05, 4.69) is 28.2 Å². The SMILES string of the molecule is COc1ccc(Br)c(C(=O)NC(C)C2CCOCC2)c1. The Labute approximate surface area is 128 Å². The van der Waals surface area contributed by atoms with Crippen molar-refractivity contribution in [3.05, 3.63) is 28.2 Å². The standard InChI is InChI=1S/C15H20BrNO3/c1-10(11-5-7-20-8-6-11)17-15(18)13-9-12(19-2)3-4-14(13)16/h3-4,9-11H,5-8H2,1-2H3,(H,17,18). The number of carbonyl (C=O) groups excluding carboxylic acids is 1. The van der Waals surface area contributed by atoms with Gasteiger partial charge in [0.15, 0.2) is 0 Å². The van der Waals surface area contributed by atoms with Crippen LogP contribution in [0.4, 0.5) is 0 Å². The van der Waals surface area contributed by atoms with Crippen LogP contribution in [-0.4, -0.2) is 32.3 Å². The van der Waals surface area contributed by atoms with Crippen molar-refractivity contribution in [2.45, 2.75) is 25.8 Å². The molecule has 0 aromatic heterocycles. The first-order chi connectivity index (χ1) is 9.61. The molecule has 1 unspecified atom stereocenters. The number of benzene rings is 1. The average molecular weight is 342 g/mol. The second-order valence-corrected chi connectivity index (χ2v) is 5.91. The number of rotatable bonds is 4. The third-order valence-electron chi connectivity index (χ3n) is 3.75. The summed E-state index contributed by atoms with van der Waals surface area (Å²) in [5.41, 5.74) is 0.600. The first-order valence-corrected chi connectivity index (χ1v) is 7.63. The zero-order valence-corrected chi connectivity index (χ0v) is 13.4. The first kappa shape index (κ1) is 15.3. The molecule has 110 valence electrons. The van der Waals surface area contributed by atoms with Gasteiger partial charge in [-0.25, -0.2) is 0 Å². The van der Waals surface area contributed by atoms with Gasteiger partial charge in [-0.3, -0.25) is 4.79 Å². The lowest BCUT2D eigenvalue weighted by molar-refractivity contribution is 0.0538. The van der Waals surface area contributed by atoms with Crippen molar-refractivity contribution in [3.8, 4) is 5.75 Å². The highest BCUT2D eigenvalue weighted by Crippen LogP contribution is 2.24. The summed E-state index contributed by atoms with van der Waals surface area (Å²) in [5, 5.41) is 3.08. The summed E-state index contributed by atoms with van der Waals surface area (Å²) in [4.78, 5) is 12.4. The van der Waals surface area contributed by atoms with Crippen LogP contribution in [0.25, 0.3) is 0 Å². The van der Waals surface area contributed by atoms with Gasteiger partial charge in [-0.15, -0.1) is 0 Å². The van der Waals surface area contributed by atoms with Gasteiger partial charge in [0.05, 0.1) is 12.7 Å². The molecule has 1 aromatic rings. The van der Waals surface area contributed by atoms with Crippen LogP contribution >= 0.6 is 15.9 Å². The van der Waals surface area contributed by atoms with Crippen LogP contribution in [0, 0.1) is 5.92 Å². The number of nitrogens with one attached hydrogen (secondary N) is 1. The van der Waals surface area contributed by atoms with Crippen LogP contribution in [0.1, 0.15) is 30.1 Å². The molecule has 1 N–H and O–H groups in total. The Hall–Kier alpha value is -1.07. The molecule has 20 heavy (non-hydrogen) atoms. The zero-order chi connectivity index (χ0) is 14.5. The van der Waals surface area contributed by atoms with Gasteiger partial charge in [-0.2, -0.15) is 0 Å². The molecule has 1 atom stereocenters. The molecular formula is C15H20BrNO3. The Morgan fingerprint density at radius 1 is 1.45 bits per heavy atom. The summed E-state index contributed by atoms with van der Waals surface area (Å²) in [7, 11) is 1.59. The summed E-state index contributed by atoms with van der Waals surface area (Å²) >= 11 is 3.41. The molecule has 0 spiro atoms. The minimum Gasteiger partial charge on any atom is -0.497 e. The number of hydrogen-bond acceptors (Lipinski definition) is 3. The third-order valence-corrected chi connectivity index (χ3v) is 4.44. The first-order valence-electron chi connectivity index (χ1n) is 6.84. The van der Waals surface area contributed by atoms with Gasteiger partial charge >= 0.3 is 0 Å². The summed E-state index contributed by atoms with van der Waals surface area (Å²) in [6, 6.07) is 5.54. The minimum atomic E-state index is -0.0743. The fourth-order valence-corrected chi connectivity index (χ4v) is 2.85. The van der Waals surface area contributed by atoms with Crippen LogP contribution in [-0.2, 0) is 4.74 Å². The molecule has 1 aliphatic heterocycles. The summed E-state index contributed by atoms with van der Waals surface area (Å²) < 4.78 is 11.3. The maximum Gasteiger partial charge on any atom is 0.252 e. The number of methoxy groups -OCH3 is 1. The molecule has 1 aromatic carbocycles. The molecule has 5 heteroatoms.